The van der Waals surface area contributed by atoms with E-state index in [1.807, 2.05) is 24.4 Å². The summed E-state index contributed by atoms with van der Waals surface area (Å²) in [6.45, 7) is 2.80. The number of rotatable bonds is 6. The predicted molar refractivity (Wildman–Crippen MR) is 109 cm³/mol. The highest BCUT2D eigenvalue weighted by atomic mass is 16.5. The molecule has 144 valence electrons. The van der Waals surface area contributed by atoms with E-state index in [1.54, 1.807) is 14.2 Å². The van der Waals surface area contributed by atoms with Gasteiger partial charge in [0.2, 0.25) is 5.95 Å². The molecule has 0 spiro atoms. The zero-order chi connectivity index (χ0) is 19.3. The molecule has 0 fully saturated rings. The lowest BCUT2D eigenvalue weighted by Gasteiger charge is -2.28. The smallest absolute Gasteiger partial charge is 0.227 e. The van der Waals surface area contributed by atoms with Crippen LogP contribution in [0.3, 0.4) is 0 Å². The highest BCUT2D eigenvalue weighted by Gasteiger charge is 2.19. The monoisotopic (exact) mass is 376 g/mol. The van der Waals surface area contributed by atoms with Gasteiger partial charge in [-0.3, -0.25) is 4.90 Å². The van der Waals surface area contributed by atoms with Gasteiger partial charge in [0.25, 0.3) is 0 Å². The van der Waals surface area contributed by atoms with Crippen LogP contribution in [0, 0.1) is 0 Å². The lowest BCUT2D eigenvalue weighted by molar-refractivity contribution is 0.243. The Labute approximate surface area is 165 Å². The van der Waals surface area contributed by atoms with Crippen molar-refractivity contribution in [2.75, 3.05) is 26.1 Å². The number of hydrogen-bond donors (Lipinski definition) is 1. The molecular formula is C22H24N4O2. The van der Waals surface area contributed by atoms with Gasteiger partial charge in [0.15, 0.2) is 0 Å². The number of anilines is 2. The molecule has 1 aromatic heterocycles. The van der Waals surface area contributed by atoms with Gasteiger partial charge in [-0.15, -0.1) is 0 Å². The summed E-state index contributed by atoms with van der Waals surface area (Å²) in [5, 5.41) is 3.26. The maximum Gasteiger partial charge on any atom is 0.227 e. The quantitative estimate of drug-likeness (QED) is 0.706. The average Bonchev–Trinajstić information content (AvgIpc) is 2.74. The van der Waals surface area contributed by atoms with Crippen LogP contribution in [0.2, 0.25) is 0 Å². The normalized spacial score (nSPS) is 13.6. The molecule has 4 rings (SSSR count). The van der Waals surface area contributed by atoms with Gasteiger partial charge in [-0.05, 0) is 17.7 Å². The van der Waals surface area contributed by atoms with Gasteiger partial charge in [-0.1, -0.05) is 30.3 Å². The number of ether oxygens (including phenoxy) is 2. The van der Waals surface area contributed by atoms with Crippen LogP contribution >= 0.6 is 0 Å². The second-order valence-corrected chi connectivity index (χ2v) is 6.80. The number of nitrogens with zero attached hydrogens (tertiary/aromatic N) is 3. The summed E-state index contributed by atoms with van der Waals surface area (Å²) >= 11 is 0. The van der Waals surface area contributed by atoms with E-state index in [0.717, 1.165) is 48.9 Å². The summed E-state index contributed by atoms with van der Waals surface area (Å²) in [7, 11) is 3.28. The van der Waals surface area contributed by atoms with Gasteiger partial charge in [0.1, 0.15) is 11.5 Å². The van der Waals surface area contributed by atoms with E-state index in [4.69, 9.17) is 14.5 Å². The molecule has 0 aliphatic carbocycles. The first kappa shape index (κ1) is 18.3. The van der Waals surface area contributed by atoms with E-state index in [0.29, 0.717) is 5.95 Å². The van der Waals surface area contributed by atoms with Crippen LogP contribution in [0.4, 0.5) is 11.6 Å². The Morgan fingerprint density at radius 3 is 2.71 bits per heavy atom. The minimum Gasteiger partial charge on any atom is -0.497 e. The van der Waals surface area contributed by atoms with Gasteiger partial charge in [0, 0.05) is 43.9 Å². The largest absolute Gasteiger partial charge is 0.497 e. The van der Waals surface area contributed by atoms with Crippen LogP contribution in [0.1, 0.15) is 16.8 Å². The molecule has 0 amide bonds. The SMILES string of the molecule is COc1ccc(OC)c(Nc2ncc3c(n2)CCN(Cc2ccccc2)C3)c1. The molecule has 2 heterocycles. The Kier molecular flexibility index (Phi) is 5.39. The average molecular weight is 376 g/mol. The van der Waals surface area contributed by atoms with E-state index < -0.39 is 0 Å². The van der Waals surface area contributed by atoms with Crippen LogP contribution in [-0.2, 0) is 19.5 Å². The van der Waals surface area contributed by atoms with Crippen LogP contribution < -0.4 is 14.8 Å². The molecule has 0 unspecified atom stereocenters. The van der Waals surface area contributed by atoms with Gasteiger partial charge >= 0.3 is 0 Å². The minimum absolute atomic E-state index is 0.571. The first-order valence-electron chi connectivity index (χ1n) is 9.35. The number of benzene rings is 2. The molecule has 6 nitrogen and oxygen atoms in total. The van der Waals surface area contributed by atoms with E-state index in [2.05, 4.69) is 45.5 Å². The highest BCUT2D eigenvalue weighted by molar-refractivity contribution is 5.65. The highest BCUT2D eigenvalue weighted by Crippen LogP contribution is 2.31. The third-order valence-electron chi connectivity index (χ3n) is 4.92. The molecule has 1 aliphatic heterocycles. The second-order valence-electron chi connectivity index (χ2n) is 6.80. The third kappa shape index (κ3) is 4.07. The maximum absolute atomic E-state index is 5.42. The fourth-order valence-electron chi connectivity index (χ4n) is 3.44. The molecule has 0 bridgehead atoms. The molecule has 0 radical (unpaired) electrons. The number of methoxy groups -OCH3 is 2. The number of hydrogen-bond acceptors (Lipinski definition) is 6. The zero-order valence-electron chi connectivity index (χ0n) is 16.2. The Balaban J connectivity index is 1.48. The Morgan fingerprint density at radius 2 is 1.93 bits per heavy atom. The molecular weight excluding hydrogens is 352 g/mol. The molecule has 0 atom stereocenters. The van der Waals surface area contributed by atoms with Crippen molar-refractivity contribution >= 4 is 11.6 Å². The van der Waals surface area contributed by atoms with Gasteiger partial charge in [-0.2, -0.15) is 0 Å². The van der Waals surface area contributed by atoms with E-state index in [1.165, 1.54) is 11.1 Å². The summed E-state index contributed by atoms with van der Waals surface area (Å²) in [5.74, 6) is 2.04. The number of nitrogens with one attached hydrogen (secondary N) is 1. The summed E-state index contributed by atoms with van der Waals surface area (Å²) in [4.78, 5) is 11.7. The van der Waals surface area contributed by atoms with Gasteiger partial charge < -0.3 is 14.8 Å². The van der Waals surface area contributed by atoms with Crippen molar-refractivity contribution in [2.24, 2.45) is 0 Å². The Hall–Kier alpha value is -3.12. The van der Waals surface area contributed by atoms with Crippen LogP contribution in [0.15, 0.2) is 54.7 Å². The molecule has 6 heteroatoms. The summed E-state index contributed by atoms with van der Waals surface area (Å²) in [5.41, 5.74) is 4.40. The van der Waals surface area contributed by atoms with Gasteiger partial charge in [0.05, 0.1) is 25.6 Å². The van der Waals surface area contributed by atoms with Crippen molar-refractivity contribution in [3.63, 3.8) is 0 Å². The molecule has 0 saturated carbocycles. The molecule has 28 heavy (non-hydrogen) atoms. The van der Waals surface area contributed by atoms with Crippen LogP contribution in [0.25, 0.3) is 0 Å². The van der Waals surface area contributed by atoms with E-state index >= 15 is 0 Å². The Morgan fingerprint density at radius 1 is 1.07 bits per heavy atom. The fourth-order valence-corrected chi connectivity index (χ4v) is 3.44. The lowest BCUT2D eigenvalue weighted by atomic mass is 10.1. The maximum atomic E-state index is 5.42. The van der Waals surface area contributed by atoms with Crippen molar-refractivity contribution in [1.82, 2.24) is 14.9 Å². The number of fused-ring (bicyclic) bond motifs is 1. The van der Waals surface area contributed by atoms with E-state index in [9.17, 15) is 0 Å². The van der Waals surface area contributed by atoms with Crippen LogP contribution in [0.5, 0.6) is 11.5 Å². The van der Waals surface area contributed by atoms with Gasteiger partial charge in [-0.25, -0.2) is 9.97 Å². The molecule has 0 saturated heterocycles. The molecule has 2 aromatic carbocycles. The fraction of sp³-hybridized carbons (Fsp3) is 0.273. The van der Waals surface area contributed by atoms with Crippen molar-refractivity contribution in [2.45, 2.75) is 19.5 Å². The van der Waals surface area contributed by atoms with Crippen molar-refractivity contribution < 1.29 is 9.47 Å². The molecule has 1 N–H and O–H groups in total. The van der Waals surface area contributed by atoms with Crippen molar-refractivity contribution in [3.05, 3.63) is 71.5 Å². The van der Waals surface area contributed by atoms with E-state index in [-0.39, 0.29) is 0 Å². The van der Waals surface area contributed by atoms with Crippen LogP contribution in [-0.4, -0.2) is 35.6 Å². The zero-order valence-corrected chi connectivity index (χ0v) is 16.2. The second kappa shape index (κ2) is 8.27. The van der Waals surface area contributed by atoms with Crippen molar-refractivity contribution in [3.8, 4) is 11.5 Å². The summed E-state index contributed by atoms with van der Waals surface area (Å²) in [6, 6.07) is 16.2. The molecule has 3 aromatic rings. The van der Waals surface area contributed by atoms with Crippen molar-refractivity contribution in [1.29, 1.82) is 0 Å². The topological polar surface area (TPSA) is 59.5 Å². The minimum atomic E-state index is 0.571. The predicted octanol–water partition coefficient (Wildman–Crippen LogP) is 3.80. The number of aromatic nitrogens is 2. The molecule has 1 aliphatic rings. The summed E-state index contributed by atoms with van der Waals surface area (Å²) in [6.07, 6.45) is 2.84. The summed E-state index contributed by atoms with van der Waals surface area (Å²) < 4.78 is 10.7. The lowest BCUT2D eigenvalue weighted by Crippen LogP contribution is -2.31. The first-order chi connectivity index (χ1) is 13.7. The first-order valence-corrected chi connectivity index (χ1v) is 9.35. The third-order valence-corrected chi connectivity index (χ3v) is 4.92. The Bertz CT molecular complexity index is 947. The standard InChI is InChI=1S/C22H24N4O2/c1-27-18-8-9-21(28-2)20(12-18)25-22-23-13-17-15-26(11-10-19(17)24-22)14-16-6-4-3-5-7-16/h3-9,12-13H,10-11,14-15H2,1-2H3,(H,23,24,25).